The van der Waals surface area contributed by atoms with E-state index in [-0.39, 0.29) is 14.4 Å². The molecule has 2 aromatic rings. The van der Waals surface area contributed by atoms with Crippen molar-refractivity contribution in [3.8, 4) is 0 Å². The zero-order valence-electron chi connectivity index (χ0n) is 9.41. The highest BCUT2D eigenvalue weighted by molar-refractivity contribution is 7.94. The van der Waals surface area contributed by atoms with Crippen molar-refractivity contribution >= 4 is 44.3 Å². The Labute approximate surface area is 121 Å². The molecule has 1 heterocycles. The molecule has 1 aromatic carbocycles. The molecular formula is C9H5ClFN3O4S2. The van der Waals surface area contributed by atoms with Crippen molar-refractivity contribution in [1.29, 1.82) is 0 Å². The van der Waals surface area contributed by atoms with Crippen molar-refractivity contribution in [3.63, 3.8) is 0 Å². The predicted molar refractivity (Wildman–Crippen MR) is 71.0 cm³/mol. The number of rotatable bonds is 4. The van der Waals surface area contributed by atoms with E-state index in [4.69, 9.17) is 11.6 Å². The maximum absolute atomic E-state index is 13.1. The first-order chi connectivity index (χ1) is 9.29. The second-order valence-corrected chi connectivity index (χ2v) is 6.98. The third-order valence-electron chi connectivity index (χ3n) is 2.12. The molecule has 0 saturated carbocycles. The van der Waals surface area contributed by atoms with Gasteiger partial charge in [0.15, 0.2) is 8.68 Å². The Balaban J connectivity index is 2.35. The Morgan fingerprint density at radius 2 is 2.15 bits per heavy atom. The standard InChI is InChI=1S/C9H5ClFN3O4S2/c10-9-12-4-8(19-9)20(17,18)13-5-1-2-6(11)7(3-5)14(15)16/h1-4,13H. The van der Waals surface area contributed by atoms with Crippen molar-refractivity contribution in [3.05, 3.63) is 44.8 Å². The van der Waals surface area contributed by atoms with Crippen LogP contribution in [0.5, 0.6) is 0 Å². The molecule has 0 radical (unpaired) electrons. The SMILES string of the molecule is O=[N+]([O-])c1cc(NS(=O)(=O)c2cnc(Cl)s2)ccc1F. The molecular weight excluding hydrogens is 333 g/mol. The van der Waals surface area contributed by atoms with Crippen LogP contribution in [0.3, 0.4) is 0 Å². The van der Waals surface area contributed by atoms with Gasteiger partial charge < -0.3 is 0 Å². The molecule has 0 aliphatic heterocycles. The first kappa shape index (κ1) is 14.6. The fourth-order valence-electron chi connectivity index (χ4n) is 1.28. The molecule has 0 saturated heterocycles. The minimum atomic E-state index is -3.97. The second kappa shape index (κ2) is 5.31. The number of halogens is 2. The third-order valence-corrected chi connectivity index (χ3v) is 5.07. The minimum absolute atomic E-state index is 0.0375. The third kappa shape index (κ3) is 3.03. The largest absolute Gasteiger partial charge is 0.306 e. The van der Waals surface area contributed by atoms with Gasteiger partial charge in [-0.05, 0) is 12.1 Å². The van der Waals surface area contributed by atoms with Gasteiger partial charge in [0.25, 0.3) is 10.0 Å². The summed E-state index contributed by atoms with van der Waals surface area (Å²) in [5.41, 5.74) is -0.963. The normalized spacial score (nSPS) is 11.3. The summed E-state index contributed by atoms with van der Waals surface area (Å²) >= 11 is 6.26. The lowest BCUT2D eigenvalue weighted by molar-refractivity contribution is -0.387. The number of nitrogens with zero attached hydrogens (tertiary/aromatic N) is 2. The summed E-state index contributed by atoms with van der Waals surface area (Å²) < 4.78 is 38.9. The lowest BCUT2D eigenvalue weighted by atomic mass is 10.3. The highest BCUT2D eigenvalue weighted by atomic mass is 35.5. The Bertz CT molecular complexity index is 777. The van der Waals surface area contributed by atoms with E-state index in [1.165, 1.54) is 0 Å². The van der Waals surface area contributed by atoms with Crippen LogP contribution in [0.2, 0.25) is 4.47 Å². The maximum Gasteiger partial charge on any atom is 0.306 e. The van der Waals surface area contributed by atoms with Crippen LogP contribution in [0.15, 0.2) is 28.6 Å². The van der Waals surface area contributed by atoms with Crippen molar-refractivity contribution in [2.75, 3.05) is 4.72 Å². The molecule has 0 aliphatic carbocycles. The number of nitro benzene ring substituents is 1. The molecule has 0 bridgehead atoms. The average Bonchev–Trinajstić information content (AvgIpc) is 2.78. The van der Waals surface area contributed by atoms with E-state index in [2.05, 4.69) is 9.71 Å². The maximum atomic E-state index is 13.1. The van der Waals surface area contributed by atoms with Gasteiger partial charge in [-0.15, -0.1) is 0 Å². The summed E-state index contributed by atoms with van der Waals surface area (Å²) in [6.07, 6.45) is 1.05. The van der Waals surface area contributed by atoms with Gasteiger partial charge in [0.2, 0.25) is 5.82 Å². The summed E-state index contributed by atoms with van der Waals surface area (Å²) in [6, 6.07) is 2.66. The Kier molecular flexibility index (Phi) is 3.88. The summed E-state index contributed by atoms with van der Waals surface area (Å²) in [5.74, 6) is -1.06. The van der Waals surface area contributed by atoms with Gasteiger partial charge in [0.05, 0.1) is 16.8 Å². The summed E-state index contributed by atoms with van der Waals surface area (Å²) in [6.45, 7) is 0. The predicted octanol–water partition coefficient (Wildman–Crippen LogP) is 2.64. The van der Waals surface area contributed by atoms with Crippen LogP contribution in [0, 0.1) is 15.9 Å². The lowest BCUT2D eigenvalue weighted by Gasteiger charge is -2.05. The lowest BCUT2D eigenvalue weighted by Crippen LogP contribution is -2.11. The van der Waals surface area contributed by atoms with Gasteiger partial charge in [-0.3, -0.25) is 14.8 Å². The van der Waals surface area contributed by atoms with E-state index >= 15 is 0 Å². The fraction of sp³-hybridized carbons (Fsp3) is 0. The van der Waals surface area contributed by atoms with Gasteiger partial charge in [-0.1, -0.05) is 22.9 Å². The highest BCUT2D eigenvalue weighted by Crippen LogP contribution is 2.27. The van der Waals surface area contributed by atoms with Crippen LogP contribution < -0.4 is 4.72 Å². The number of sulfonamides is 1. The molecule has 106 valence electrons. The molecule has 0 atom stereocenters. The molecule has 1 aromatic heterocycles. The van der Waals surface area contributed by atoms with E-state index in [1.807, 2.05) is 0 Å². The van der Waals surface area contributed by atoms with Gasteiger partial charge in [0.1, 0.15) is 0 Å². The number of nitro groups is 1. The molecule has 0 aliphatic rings. The van der Waals surface area contributed by atoms with E-state index in [0.717, 1.165) is 35.7 Å². The Hall–Kier alpha value is -1.78. The molecule has 7 nitrogen and oxygen atoms in total. The number of anilines is 1. The fourth-order valence-corrected chi connectivity index (χ4v) is 3.63. The van der Waals surface area contributed by atoms with E-state index in [1.54, 1.807) is 0 Å². The van der Waals surface area contributed by atoms with E-state index in [9.17, 15) is 22.9 Å². The van der Waals surface area contributed by atoms with Crippen molar-refractivity contribution in [2.24, 2.45) is 0 Å². The number of aromatic nitrogens is 1. The second-order valence-electron chi connectivity index (χ2n) is 3.46. The van der Waals surface area contributed by atoms with Gasteiger partial charge >= 0.3 is 5.69 Å². The Morgan fingerprint density at radius 1 is 1.45 bits per heavy atom. The molecule has 0 amide bonds. The van der Waals surface area contributed by atoms with Crippen LogP contribution >= 0.6 is 22.9 Å². The number of nitrogens with one attached hydrogen (secondary N) is 1. The highest BCUT2D eigenvalue weighted by Gasteiger charge is 2.20. The number of hydrogen-bond acceptors (Lipinski definition) is 6. The van der Waals surface area contributed by atoms with Crippen LogP contribution in [0.25, 0.3) is 0 Å². The van der Waals surface area contributed by atoms with Crippen molar-refractivity contribution in [1.82, 2.24) is 4.98 Å². The van der Waals surface area contributed by atoms with Crippen molar-refractivity contribution < 1.29 is 17.7 Å². The number of hydrogen-bond donors (Lipinski definition) is 1. The van der Waals surface area contributed by atoms with Gasteiger partial charge in [0, 0.05) is 6.07 Å². The topological polar surface area (TPSA) is 102 Å². The molecule has 0 spiro atoms. The Morgan fingerprint density at radius 3 is 2.70 bits per heavy atom. The summed E-state index contributed by atoms with van der Waals surface area (Å²) in [4.78, 5) is 13.2. The molecule has 2 rings (SSSR count). The molecule has 20 heavy (non-hydrogen) atoms. The average molecular weight is 338 g/mol. The zero-order valence-corrected chi connectivity index (χ0v) is 11.8. The monoisotopic (exact) mass is 337 g/mol. The smallest absolute Gasteiger partial charge is 0.279 e. The van der Waals surface area contributed by atoms with E-state index < -0.39 is 26.5 Å². The van der Waals surface area contributed by atoms with Crippen LogP contribution in [-0.4, -0.2) is 18.3 Å². The summed E-state index contributed by atoms with van der Waals surface area (Å²) in [7, 11) is -3.97. The minimum Gasteiger partial charge on any atom is -0.279 e. The van der Waals surface area contributed by atoms with Crippen LogP contribution in [-0.2, 0) is 10.0 Å². The molecule has 11 heteroatoms. The first-order valence-corrected chi connectivity index (χ1v) is 7.55. The summed E-state index contributed by atoms with van der Waals surface area (Å²) in [5, 5.41) is 10.6. The molecule has 0 fully saturated rings. The first-order valence-electron chi connectivity index (χ1n) is 4.88. The molecule has 0 unspecified atom stereocenters. The van der Waals surface area contributed by atoms with Gasteiger partial charge in [-0.25, -0.2) is 13.4 Å². The number of benzene rings is 1. The van der Waals surface area contributed by atoms with E-state index in [0.29, 0.717) is 0 Å². The van der Waals surface area contributed by atoms with Crippen molar-refractivity contribution in [2.45, 2.75) is 4.21 Å². The number of thiazole rings is 1. The van der Waals surface area contributed by atoms with Crippen LogP contribution in [0.1, 0.15) is 0 Å². The van der Waals surface area contributed by atoms with Crippen LogP contribution in [0.4, 0.5) is 15.8 Å². The van der Waals surface area contributed by atoms with Gasteiger partial charge in [-0.2, -0.15) is 4.39 Å². The zero-order chi connectivity index (χ0) is 14.9. The quantitative estimate of drug-likeness (QED) is 0.682. The molecule has 1 N–H and O–H groups in total.